The third kappa shape index (κ3) is 2.29. The predicted molar refractivity (Wildman–Crippen MR) is 77.7 cm³/mol. The fourth-order valence-electron chi connectivity index (χ4n) is 2.71. The van der Waals surface area contributed by atoms with Gasteiger partial charge in [-0.2, -0.15) is 0 Å². The van der Waals surface area contributed by atoms with E-state index in [1.165, 1.54) is 0 Å². The summed E-state index contributed by atoms with van der Waals surface area (Å²) in [5.74, 6) is 1.81. The predicted octanol–water partition coefficient (Wildman–Crippen LogP) is 1.96. The third-order valence-electron chi connectivity index (χ3n) is 3.62. The Morgan fingerprint density at radius 2 is 2.05 bits per heavy atom. The first-order valence-corrected chi connectivity index (χ1v) is 6.83. The van der Waals surface area contributed by atoms with E-state index < -0.39 is 0 Å². The summed E-state index contributed by atoms with van der Waals surface area (Å²) in [6.45, 7) is 2.97. The summed E-state index contributed by atoms with van der Waals surface area (Å²) in [6.07, 6.45) is 7.28. The van der Waals surface area contributed by atoms with Crippen LogP contribution in [0.2, 0.25) is 0 Å². The van der Waals surface area contributed by atoms with Crippen molar-refractivity contribution in [2.24, 2.45) is 0 Å². The molecule has 6 heteroatoms. The standard InChI is InChI=1S/C14H18N6/c1-10-8-12(19-9-18-10)20-7-3-4-11(20)13-14(15-2)17-6-5-16-13/h5-6,8-9,11H,3-4,7H2,1-2H3,(H,15,17)/t11-/m1/s1. The summed E-state index contributed by atoms with van der Waals surface area (Å²) in [4.78, 5) is 19.7. The van der Waals surface area contributed by atoms with Crippen molar-refractivity contribution < 1.29 is 0 Å². The lowest BCUT2D eigenvalue weighted by Crippen LogP contribution is -2.25. The number of anilines is 2. The molecule has 0 bridgehead atoms. The van der Waals surface area contributed by atoms with Crippen LogP contribution in [0.15, 0.2) is 24.8 Å². The van der Waals surface area contributed by atoms with Gasteiger partial charge in [-0.15, -0.1) is 0 Å². The van der Waals surface area contributed by atoms with Crippen LogP contribution in [0.5, 0.6) is 0 Å². The highest BCUT2D eigenvalue weighted by Crippen LogP contribution is 2.36. The van der Waals surface area contributed by atoms with E-state index in [1.54, 1.807) is 18.7 Å². The van der Waals surface area contributed by atoms with E-state index in [1.807, 2.05) is 20.0 Å². The Balaban J connectivity index is 1.96. The van der Waals surface area contributed by atoms with Gasteiger partial charge < -0.3 is 10.2 Å². The van der Waals surface area contributed by atoms with Gasteiger partial charge in [-0.1, -0.05) is 0 Å². The summed E-state index contributed by atoms with van der Waals surface area (Å²) >= 11 is 0. The van der Waals surface area contributed by atoms with Crippen molar-refractivity contribution in [2.75, 3.05) is 23.8 Å². The summed E-state index contributed by atoms with van der Waals surface area (Å²) in [5.41, 5.74) is 1.97. The second kappa shape index (κ2) is 5.40. The van der Waals surface area contributed by atoms with Crippen molar-refractivity contribution >= 4 is 11.6 Å². The molecule has 1 fully saturated rings. The number of aryl methyl sites for hydroxylation is 1. The van der Waals surface area contributed by atoms with Crippen LogP contribution in [-0.4, -0.2) is 33.5 Å². The van der Waals surface area contributed by atoms with Gasteiger partial charge in [0.1, 0.15) is 23.7 Å². The van der Waals surface area contributed by atoms with Crippen LogP contribution in [0.25, 0.3) is 0 Å². The first-order chi connectivity index (χ1) is 9.79. The molecule has 20 heavy (non-hydrogen) atoms. The number of hydrogen-bond donors (Lipinski definition) is 1. The maximum Gasteiger partial charge on any atom is 0.149 e. The molecule has 1 saturated heterocycles. The molecule has 0 aliphatic carbocycles. The van der Waals surface area contributed by atoms with Crippen molar-refractivity contribution in [1.82, 2.24) is 19.9 Å². The summed E-state index contributed by atoms with van der Waals surface area (Å²) in [7, 11) is 1.88. The van der Waals surface area contributed by atoms with E-state index in [4.69, 9.17) is 0 Å². The summed E-state index contributed by atoms with van der Waals surface area (Å²) in [6, 6.07) is 2.24. The SMILES string of the molecule is CNc1nccnc1[C@H]1CCCN1c1cc(C)ncn1. The van der Waals surface area contributed by atoms with Crippen LogP contribution < -0.4 is 10.2 Å². The van der Waals surface area contributed by atoms with Crippen molar-refractivity contribution in [2.45, 2.75) is 25.8 Å². The van der Waals surface area contributed by atoms with Crippen LogP contribution in [0.1, 0.15) is 30.3 Å². The van der Waals surface area contributed by atoms with Crippen molar-refractivity contribution in [1.29, 1.82) is 0 Å². The molecule has 104 valence electrons. The molecule has 0 saturated carbocycles. The molecule has 0 radical (unpaired) electrons. The fraction of sp³-hybridized carbons (Fsp3) is 0.429. The highest BCUT2D eigenvalue weighted by atomic mass is 15.2. The summed E-state index contributed by atoms with van der Waals surface area (Å²) < 4.78 is 0. The molecule has 1 N–H and O–H groups in total. The molecule has 3 rings (SSSR count). The van der Waals surface area contributed by atoms with E-state index in [0.29, 0.717) is 0 Å². The van der Waals surface area contributed by atoms with E-state index >= 15 is 0 Å². The minimum atomic E-state index is 0.223. The van der Waals surface area contributed by atoms with Gasteiger partial charge in [-0.3, -0.25) is 4.98 Å². The molecule has 0 unspecified atom stereocenters. The van der Waals surface area contributed by atoms with Crippen LogP contribution in [0, 0.1) is 6.92 Å². The quantitative estimate of drug-likeness (QED) is 0.919. The van der Waals surface area contributed by atoms with Gasteiger partial charge in [-0.05, 0) is 19.8 Å². The highest BCUT2D eigenvalue weighted by Gasteiger charge is 2.30. The molecule has 1 aliphatic heterocycles. The molecule has 2 aromatic heterocycles. The van der Waals surface area contributed by atoms with Gasteiger partial charge in [0.2, 0.25) is 0 Å². The number of nitrogens with zero attached hydrogens (tertiary/aromatic N) is 5. The monoisotopic (exact) mass is 270 g/mol. The van der Waals surface area contributed by atoms with Gasteiger partial charge in [-0.25, -0.2) is 15.0 Å². The zero-order chi connectivity index (χ0) is 13.9. The van der Waals surface area contributed by atoms with Gasteiger partial charge in [0, 0.05) is 37.7 Å². The van der Waals surface area contributed by atoms with Crippen LogP contribution in [0.4, 0.5) is 11.6 Å². The maximum atomic E-state index is 4.52. The van der Waals surface area contributed by atoms with Gasteiger partial charge >= 0.3 is 0 Å². The van der Waals surface area contributed by atoms with Crippen molar-refractivity contribution in [3.05, 3.63) is 36.2 Å². The lowest BCUT2D eigenvalue weighted by Gasteiger charge is -2.26. The Hall–Kier alpha value is -2.24. The lowest BCUT2D eigenvalue weighted by molar-refractivity contribution is 0.684. The first kappa shape index (κ1) is 12.8. The topological polar surface area (TPSA) is 66.8 Å². The normalized spacial score (nSPS) is 18.3. The molecule has 0 amide bonds. The summed E-state index contributed by atoms with van der Waals surface area (Å²) in [5, 5.41) is 3.12. The molecule has 1 atom stereocenters. The average molecular weight is 270 g/mol. The van der Waals surface area contributed by atoms with E-state index in [2.05, 4.69) is 30.2 Å². The average Bonchev–Trinajstić information content (AvgIpc) is 2.96. The number of rotatable bonds is 3. The molecule has 0 spiro atoms. The van der Waals surface area contributed by atoms with Crippen molar-refractivity contribution in [3.8, 4) is 0 Å². The molecule has 6 nitrogen and oxygen atoms in total. The molecular weight excluding hydrogens is 252 g/mol. The second-order valence-corrected chi connectivity index (χ2v) is 4.91. The highest BCUT2D eigenvalue weighted by molar-refractivity contribution is 5.49. The number of aromatic nitrogens is 4. The van der Waals surface area contributed by atoms with E-state index in [9.17, 15) is 0 Å². The molecule has 3 heterocycles. The minimum Gasteiger partial charge on any atom is -0.372 e. The van der Waals surface area contributed by atoms with E-state index in [0.717, 1.165) is 42.4 Å². The van der Waals surface area contributed by atoms with Gasteiger partial charge in [0.25, 0.3) is 0 Å². The van der Waals surface area contributed by atoms with Crippen molar-refractivity contribution in [3.63, 3.8) is 0 Å². The smallest absolute Gasteiger partial charge is 0.149 e. The van der Waals surface area contributed by atoms with E-state index in [-0.39, 0.29) is 6.04 Å². The van der Waals surface area contributed by atoms with Crippen LogP contribution in [-0.2, 0) is 0 Å². The Bertz CT molecular complexity index is 600. The van der Waals surface area contributed by atoms with Crippen LogP contribution >= 0.6 is 0 Å². The minimum absolute atomic E-state index is 0.223. The second-order valence-electron chi connectivity index (χ2n) is 4.91. The number of hydrogen-bond acceptors (Lipinski definition) is 6. The van der Waals surface area contributed by atoms with Crippen LogP contribution in [0.3, 0.4) is 0 Å². The Labute approximate surface area is 118 Å². The Kier molecular flexibility index (Phi) is 3.45. The van der Waals surface area contributed by atoms with Gasteiger partial charge in [0.15, 0.2) is 0 Å². The zero-order valence-corrected chi connectivity index (χ0v) is 11.7. The third-order valence-corrected chi connectivity index (χ3v) is 3.62. The van der Waals surface area contributed by atoms with Gasteiger partial charge in [0.05, 0.1) is 6.04 Å². The Morgan fingerprint density at radius 3 is 2.85 bits per heavy atom. The molecule has 0 aromatic carbocycles. The zero-order valence-electron chi connectivity index (χ0n) is 11.7. The molecular formula is C14H18N6. The largest absolute Gasteiger partial charge is 0.372 e. The first-order valence-electron chi connectivity index (χ1n) is 6.83. The lowest BCUT2D eigenvalue weighted by atomic mass is 10.1. The molecule has 1 aliphatic rings. The maximum absolute atomic E-state index is 4.52. The molecule has 2 aromatic rings. The fourth-order valence-corrected chi connectivity index (χ4v) is 2.71. The Morgan fingerprint density at radius 1 is 1.20 bits per heavy atom. The number of nitrogens with one attached hydrogen (secondary N) is 1.